The lowest BCUT2D eigenvalue weighted by atomic mass is 10.0. The van der Waals surface area contributed by atoms with Crippen molar-refractivity contribution in [3.63, 3.8) is 0 Å². The predicted octanol–water partition coefficient (Wildman–Crippen LogP) is -6.98. The third kappa shape index (κ3) is 31.7. The normalized spacial score (nSPS) is 14.9. The number of nitrogens with one attached hydrogen (secondary N) is 12. The first-order valence-corrected chi connectivity index (χ1v) is 31.9. The van der Waals surface area contributed by atoms with Gasteiger partial charge < -0.3 is 112 Å². The maximum absolute atomic E-state index is 14.0. The Morgan fingerprint density at radius 1 is 0.396 bits per heavy atom. The number of aliphatic carboxylic acids is 3. The van der Waals surface area contributed by atoms with Gasteiger partial charge in [0.05, 0.1) is 25.3 Å². The van der Waals surface area contributed by atoms with Gasteiger partial charge in [0.1, 0.15) is 72.2 Å². The molecular weight excluding hydrogens is 1330 g/mol. The smallest absolute Gasteiger partial charge is 0.326 e. The number of benzene rings is 2. The summed E-state index contributed by atoms with van der Waals surface area (Å²) in [6, 6.07) is -4.96. The highest BCUT2D eigenvalue weighted by atomic mass is 16.4. The monoisotopic (exact) mass is 1430 g/mol. The number of hydrogen-bond acceptors (Lipinski definition) is 21. The minimum Gasteiger partial charge on any atom is -0.508 e. The molecule has 0 fully saturated rings. The molecule has 13 atom stereocenters. The van der Waals surface area contributed by atoms with Gasteiger partial charge in [0.2, 0.25) is 82.7 Å². The number of rotatable bonds is 45. The molecule has 0 spiro atoms. The lowest BCUT2D eigenvalue weighted by molar-refractivity contribution is -0.142. The van der Waals surface area contributed by atoms with E-state index in [4.69, 9.17) is 17.2 Å². The predicted molar refractivity (Wildman–Crippen MR) is 352 cm³/mol. The molecule has 0 saturated heterocycles. The minimum atomic E-state index is -1.93. The second kappa shape index (κ2) is 42.8. The summed E-state index contributed by atoms with van der Waals surface area (Å²) in [4.78, 5) is 221. The van der Waals surface area contributed by atoms with Crippen LogP contribution < -0.4 is 81.0 Å². The number of carboxylic acid groups (broad SMARTS) is 3. The molecule has 0 aromatic heterocycles. The lowest BCUT2D eigenvalue weighted by Gasteiger charge is -2.28. The molecule has 101 heavy (non-hydrogen) atoms. The van der Waals surface area contributed by atoms with Crippen LogP contribution in [0, 0.1) is 11.8 Å². The summed E-state index contributed by atoms with van der Waals surface area (Å²) in [5.41, 5.74) is 17.7. The second-order valence-electron chi connectivity index (χ2n) is 24.4. The SMILES string of the molecule is CC(C)[C@H](NC(=O)CNC(=O)[C@@H](NC(=O)[C@H](CCC(N)=O)NC(=O)[C@H](C)NC(=O)[C@H](CCC(=O)O)NC(=O)[C@@H](NC(=O)[C@H](CO)NC(=O)[C@H](Cc1ccccc1)NC(=O)[C@@H](N)Cc1ccc(O)cc1)C(C)C)[C@@H](C)O)C(=O)N[C@@H](CCC(=O)O)C(=O)N[C@@H](C)C(=O)N[C@@H](CCC(N)=O)C(=O)O. The van der Waals surface area contributed by atoms with Crippen LogP contribution in [-0.2, 0) is 94.3 Å². The second-order valence-corrected chi connectivity index (χ2v) is 24.4. The number of aromatic hydroxyl groups is 1. The number of aliphatic hydroxyl groups excluding tert-OH is 2. The first-order chi connectivity index (χ1) is 47.2. The van der Waals surface area contributed by atoms with E-state index in [1.807, 2.05) is 0 Å². The fourth-order valence-electron chi connectivity index (χ4n) is 9.32. The standard InChI is InChI=1S/C63H93N15O23/c1-29(2)49(61(98)71-39(19-23-47(85)86)55(92)69-32(6)53(90)73-41(63(100)101)18-22-45(66)83)76-46(84)27-67-60(97)51(33(7)80)78-57(94)38(17-21-44(65)82)70-52(89)31(5)68-56(93)40(20-24-48(87)88)72-62(99)50(30(3)4)77-59(96)43(28-79)75-58(95)42(26-34-11-9-8-10-12-34)74-54(91)37(64)25-35-13-15-36(81)16-14-35/h8-16,29-33,37-43,49-51,79-81H,17-28,64H2,1-7H3,(H2,65,82)(H2,66,83)(H,67,97)(H,68,93)(H,69,92)(H,70,89)(H,71,98)(H,72,99)(H,73,90)(H,74,91)(H,75,95)(H,76,84)(H,77,96)(H,78,94)(H,85,86)(H,87,88)(H,100,101)/t31-,32-,33+,37-,38-,39-,40-,41-,42-,43-,49-,50-,51-/m0/s1. The van der Waals surface area contributed by atoms with E-state index in [1.165, 1.54) is 39.8 Å². The van der Waals surface area contributed by atoms with Crippen LogP contribution in [0.3, 0.4) is 0 Å². The Kier molecular flexibility index (Phi) is 36.5. The lowest BCUT2D eigenvalue weighted by Crippen LogP contribution is -2.61. The Hall–Kier alpha value is -10.9. The Labute approximate surface area is 579 Å². The van der Waals surface area contributed by atoms with Crippen molar-refractivity contribution in [2.24, 2.45) is 29.0 Å². The maximum atomic E-state index is 14.0. The van der Waals surface area contributed by atoms with Crippen LogP contribution in [0.1, 0.15) is 111 Å². The fourth-order valence-corrected chi connectivity index (χ4v) is 9.32. The summed E-state index contributed by atoms with van der Waals surface area (Å²) >= 11 is 0. The highest BCUT2D eigenvalue weighted by molar-refractivity contribution is 6.00. The van der Waals surface area contributed by atoms with Crippen LogP contribution in [0.2, 0.25) is 0 Å². The number of primary amides is 2. The van der Waals surface area contributed by atoms with E-state index in [-0.39, 0.29) is 18.6 Å². The molecule has 0 saturated carbocycles. The van der Waals surface area contributed by atoms with E-state index >= 15 is 0 Å². The number of carbonyl (C=O) groups excluding carboxylic acids is 14. The summed E-state index contributed by atoms with van der Waals surface area (Å²) in [5.74, 6) is -20.8. The molecule has 0 aliphatic heterocycles. The minimum absolute atomic E-state index is 0.00525. The van der Waals surface area contributed by atoms with Gasteiger partial charge in [0.15, 0.2) is 0 Å². The van der Waals surface area contributed by atoms with Gasteiger partial charge in [-0.25, -0.2) is 4.79 Å². The Balaban J connectivity index is 2.23. The number of phenols is 1. The van der Waals surface area contributed by atoms with E-state index < -0.39 is 256 Å². The number of carbonyl (C=O) groups is 17. The average Bonchev–Trinajstić information content (AvgIpc) is 0.867. The molecule has 38 heteroatoms. The topological polar surface area (TPSA) is 634 Å². The first kappa shape index (κ1) is 86.2. The number of amides is 14. The molecule has 2 aromatic carbocycles. The van der Waals surface area contributed by atoms with Crippen molar-refractivity contribution >= 4 is 101 Å². The summed E-state index contributed by atoms with van der Waals surface area (Å²) in [6.07, 6.45) is -6.43. The fraction of sp³-hybridized carbons (Fsp3) is 0.540. The van der Waals surface area contributed by atoms with Crippen LogP contribution in [0.5, 0.6) is 5.75 Å². The molecule has 0 unspecified atom stereocenters. The van der Waals surface area contributed by atoms with Crippen molar-refractivity contribution in [3.8, 4) is 5.75 Å². The van der Waals surface area contributed by atoms with Gasteiger partial charge in [0.25, 0.3) is 0 Å². The third-order valence-electron chi connectivity index (χ3n) is 15.1. The summed E-state index contributed by atoms with van der Waals surface area (Å²) in [6.45, 7) is 7.13. The van der Waals surface area contributed by atoms with E-state index in [2.05, 4.69) is 63.8 Å². The molecule has 0 aliphatic rings. The molecule has 0 heterocycles. The molecule has 558 valence electrons. The van der Waals surface area contributed by atoms with E-state index in [9.17, 15) is 112 Å². The van der Waals surface area contributed by atoms with Crippen molar-refractivity contribution in [2.45, 2.75) is 191 Å². The summed E-state index contributed by atoms with van der Waals surface area (Å²) in [7, 11) is 0. The van der Waals surface area contributed by atoms with Crippen molar-refractivity contribution in [2.75, 3.05) is 13.2 Å². The number of carboxylic acids is 3. The van der Waals surface area contributed by atoms with Gasteiger partial charge in [-0.05, 0) is 88.0 Å². The van der Waals surface area contributed by atoms with Crippen LogP contribution >= 0.6 is 0 Å². The molecule has 2 rings (SSSR count). The average molecular weight is 1430 g/mol. The Morgan fingerprint density at radius 2 is 0.772 bits per heavy atom. The van der Waals surface area contributed by atoms with Gasteiger partial charge >= 0.3 is 17.9 Å². The highest BCUT2D eigenvalue weighted by Crippen LogP contribution is 2.14. The zero-order chi connectivity index (χ0) is 76.5. The summed E-state index contributed by atoms with van der Waals surface area (Å²) < 4.78 is 0. The maximum Gasteiger partial charge on any atom is 0.326 e. The molecule has 14 amide bonds. The molecule has 0 aliphatic carbocycles. The quantitative estimate of drug-likeness (QED) is 0.0293. The zero-order valence-electron chi connectivity index (χ0n) is 56.7. The van der Waals surface area contributed by atoms with Crippen LogP contribution in [-0.4, -0.2) is 223 Å². The number of hydrogen-bond donors (Lipinski definition) is 21. The Morgan fingerprint density at radius 3 is 1.21 bits per heavy atom. The van der Waals surface area contributed by atoms with Crippen molar-refractivity contribution < 1.29 is 112 Å². The van der Waals surface area contributed by atoms with Crippen molar-refractivity contribution in [3.05, 3.63) is 65.7 Å². The van der Waals surface area contributed by atoms with Gasteiger partial charge in [-0.15, -0.1) is 0 Å². The van der Waals surface area contributed by atoms with Crippen molar-refractivity contribution in [1.82, 2.24) is 63.8 Å². The molecule has 0 radical (unpaired) electrons. The van der Waals surface area contributed by atoms with Gasteiger partial charge in [-0.1, -0.05) is 70.2 Å². The molecule has 0 bridgehead atoms. The van der Waals surface area contributed by atoms with E-state index in [0.717, 1.165) is 20.8 Å². The number of aliphatic hydroxyl groups is 2. The molecular formula is C63H93N15O23. The number of nitrogens with two attached hydrogens (primary N) is 3. The van der Waals surface area contributed by atoms with E-state index in [1.54, 1.807) is 42.5 Å². The zero-order valence-corrected chi connectivity index (χ0v) is 56.7. The van der Waals surface area contributed by atoms with Gasteiger partial charge in [-0.2, -0.15) is 0 Å². The van der Waals surface area contributed by atoms with Crippen LogP contribution in [0.15, 0.2) is 54.6 Å². The van der Waals surface area contributed by atoms with Crippen LogP contribution in [0.4, 0.5) is 0 Å². The Bertz CT molecular complexity index is 3260. The largest absolute Gasteiger partial charge is 0.508 e. The van der Waals surface area contributed by atoms with E-state index in [0.29, 0.717) is 11.1 Å². The van der Waals surface area contributed by atoms with Crippen molar-refractivity contribution in [1.29, 1.82) is 0 Å². The third-order valence-corrected chi connectivity index (χ3v) is 15.1. The highest BCUT2D eigenvalue weighted by Gasteiger charge is 2.37. The van der Waals surface area contributed by atoms with Gasteiger partial charge in [0, 0.05) is 32.1 Å². The number of phenolic OH excluding ortho intramolecular Hbond substituents is 1. The molecule has 2 aromatic rings. The summed E-state index contributed by atoms with van der Waals surface area (Å²) in [5, 5.41) is 86.6. The molecule has 24 N–H and O–H groups in total. The van der Waals surface area contributed by atoms with Crippen LogP contribution in [0.25, 0.3) is 0 Å². The first-order valence-electron chi connectivity index (χ1n) is 31.9. The molecule has 38 nitrogen and oxygen atoms in total. The van der Waals surface area contributed by atoms with Gasteiger partial charge in [-0.3, -0.25) is 76.7 Å².